The molecule has 0 saturated heterocycles. The summed E-state index contributed by atoms with van der Waals surface area (Å²) in [5.41, 5.74) is 0. The van der Waals surface area contributed by atoms with Crippen LogP contribution in [0.3, 0.4) is 0 Å². The van der Waals surface area contributed by atoms with Gasteiger partial charge in [-0.3, -0.25) is 0 Å². The fourth-order valence-electron chi connectivity index (χ4n) is 0. The molecule has 0 atom stereocenters. The maximum absolute atomic E-state index is 2.25. The fraction of sp³-hybridized carbons (Fsp3) is 0. The van der Waals surface area contributed by atoms with Gasteiger partial charge in [-0.05, 0) is 0 Å². The summed E-state index contributed by atoms with van der Waals surface area (Å²) in [4.78, 5) is 0. The molecule has 0 spiro atoms. The van der Waals surface area contributed by atoms with Crippen molar-refractivity contribution in [3.63, 3.8) is 0 Å². The van der Waals surface area contributed by atoms with Crippen molar-refractivity contribution in [1.82, 2.24) is 0 Å². The first-order valence-corrected chi connectivity index (χ1v) is 5.40. The second kappa shape index (κ2) is 27.6. The van der Waals surface area contributed by atoms with Gasteiger partial charge in [-0.2, -0.15) is 0 Å². The van der Waals surface area contributed by atoms with Crippen molar-refractivity contribution < 1.29 is 0 Å². The zero-order chi connectivity index (χ0) is 2.00. The molecule has 5 heteroatoms. The normalized spacial score (nSPS) is 1.20. The fourth-order valence-corrected chi connectivity index (χ4v) is 0. The summed E-state index contributed by atoms with van der Waals surface area (Å²) in [6.45, 7) is 0. The zero-order valence-corrected chi connectivity index (χ0v) is 4.65. The third kappa shape index (κ3) is 19.3. The molecule has 0 saturated carbocycles. The average Bonchev–Trinajstić information content (AvgIpc) is 1.00. The molecule has 0 aromatic rings. The van der Waals surface area contributed by atoms with E-state index in [1.54, 1.807) is 0 Å². The summed E-state index contributed by atoms with van der Waals surface area (Å²) in [7, 11) is 0. The molecule has 0 nitrogen and oxygen atoms in total. The van der Waals surface area contributed by atoms with Crippen LogP contribution in [0.4, 0.5) is 0 Å². The van der Waals surface area contributed by atoms with Gasteiger partial charge in [-0.25, -0.2) is 0 Å². The Morgan fingerprint density at radius 2 is 1.00 bits per heavy atom. The monoisotopic (exact) mass is 382 g/mol. The maximum atomic E-state index is 2.25. The van der Waals surface area contributed by atoms with E-state index < -0.39 is 0 Å². The zero-order valence-electron chi connectivity index (χ0n) is 0.894. The standard InChI is InChI=1S/Al.Ga.In.H2Se2.9H/c;;;1-2;;;;;;;;;/h;;;1-2H;;;;;;;;;. The van der Waals surface area contributed by atoms with E-state index in [1.807, 2.05) is 0 Å². The Morgan fingerprint density at radius 1 is 1.00 bits per heavy atom. The Bertz CT molecular complexity index is 9.61. The Kier molecular flexibility index (Phi) is 134. The third-order valence-corrected chi connectivity index (χ3v) is 0. The van der Waals surface area contributed by atoms with E-state index in [-0.39, 0.29) is 63.0 Å². The van der Waals surface area contributed by atoms with Gasteiger partial charge in [0.2, 0.25) is 0 Å². The first-order chi connectivity index (χ1) is 1.00. The van der Waals surface area contributed by atoms with Crippen LogP contribution in [0.5, 0.6) is 0 Å². The number of hydrogen-bond donors (Lipinski definition) is 0. The van der Waals surface area contributed by atoms with Crippen molar-refractivity contribution in [2.75, 3.05) is 0 Å². The summed E-state index contributed by atoms with van der Waals surface area (Å²) < 4.78 is 0. The van der Waals surface area contributed by atoms with Crippen molar-refractivity contribution in [2.45, 2.75) is 0 Å². The Hall–Kier alpha value is 3.08. The van der Waals surface area contributed by atoms with Gasteiger partial charge in [0.15, 0.2) is 17.4 Å². The summed E-state index contributed by atoms with van der Waals surface area (Å²) in [5.74, 6) is 0. The van der Waals surface area contributed by atoms with Crippen molar-refractivity contribution >= 4 is 91.4 Å². The molecule has 0 amide bonds. The van der Waals surface area contributed by atoms with E-state index in [0.717, 1.165) is 0 Å². The minimum absolute atomic E-state index is 0. The van der Waals surface area contributed by atoms with Crippen LogP contribution in [-0.4, -0.2) is 91.4 Å². The average molecular weight is 381 g/mol. The number of hydrogen-bond acceptors (Lipinski definition) is 0. The van der Waals surface area contributed by atoms with Gasteiger partial charge >= 0.3 is 74.0 Å². The van der Waals surface area contributed by atoms with Crippen LogP contribution in [0.15, 0.2) is 0 Å². The van der Waals surface area contributed by atoms with Gasteiger partial charge in [-0.1, -0.05) is 0 Å². The van der Waals surface area contributed by atoms with E-state index in [1.165, 1.54) is 0 Å². The van der Waals surface area contributed by atoms with Gasteiger partial charge < -0.3 is 0 Å². The molecule has 5 heavy (non-hydrogen) atoms. The third-order valence-electron chi connectivity index (χ3n) is 0. The molecule has 32 valence electrons. The SMILES string of the molecule is [AlH3].[GaH3].[InH3].[SeH][SeH]. The minimum atomic E-state index is 0. The predicted molar refractivity (Wildman–Crippen MR) is 44.1 cm³/mol. The quantitative estimate of drug-likeness (QED) is 0.370. The molecule has 0 N–H and O–H groups in total. The summed E-state index contributed by atoms with van der Waals surface area (Å²) >= 11 is 4.50. The van der Waals surface area contributed by atoms with Crippen molar-refractivity contribution in [2.24, 2.45) is 0 Å². The van der Waals surface area contributed by atoms with Gasteiger partial charge in [0, 0.05) is 0 Å². The Labute approximate surface area is 89.8 Å². The summed E-state index contributed by atoms with van der Waals surface area (Å²) in [6.07, 6.45) is 0. The molecule has 0 aliphatic carbocycles. The van der Waals surface area contributed by atoms with Gasteiger partial charge in [0.05, 0.1) is 0 Å². The first kappa shape index (κ1) is 24.3. The van der Waals surface area contributed by atoms with Crippen LogP contribution in [-0.2, 0) is 0 Å². The Morgan fingerprint density at radius 3 is 1.00 bits per heavy atom. The molecular formula is H11AlGaInSe2. The molecule has 0 unspecified atom stereocenters. The van der Waals surface area contributed by atoms with E-state index in [9.17, 15) is 0 Å². The molecular weight excluding hydrogens is 369 g/mol. The van der Waals surface area contributed by atoms with Crippen LogP contribution in [0.1, 0.15) is 0 Å². The van der Waals surface area contributed by atoms with Gasteiger partial charge in [-0.15, -0.1) is 0 Å². The topological polar surface area (TPSA) is 0 Å². The first-order valence-electron chi connectivity index (χ1n) is 0.200. The van der Waals surface area contributed by atoms with Crippen LogP contribution < -0.4 is 0 Å². The second-order valence-corrected chi connectivity index (χ2v) is 0. The molecule has 0 bridgehead atoms. The molecule has 0 rings (SSSR count). The van der Waals surface area contributed by atoms with Gasteiger partial charge in [0.1, 0.15) is 0 Å². The van der Waals surface area contributed by atoms with Crippen LogP contribution in [0.25, 0.3) is 0 Å². The predicted octanol–water partition coefficient (Wildman–Crippen LogP) is -4.85. The van der Waals surface area contributed by atoms with Crippen LogP contribution in [0.2, 0.25) is 0 Å². The summed E-state index contributed by atoms with van der Waals surface area (Å²) in [5, 5.41) is 0. The summed E-state index contributed by atoms with van der Waals surface area (Å²) in [6, 6.07) is 0. The molecule has 0 aliphatic rings. The molecule has 0 aliphatic heterocycles. The van der Waals surface area contributed by atoms with E-state index >= 15 is 0 Å². The van der Waals surface area contributed by atoms with Crippen LogP contribution >= 0.6 is 0 Å². The molecule has 0 aromatic carbocycles. The van der Waals surface area contributed by atoms with Crippen molar-refractivity contribution in [3.8, 4) is 0 Å². The molecule has 0 radical (unpaired) electrons. The van der Waals surface area contributed by atoms with E-state index in [0.29, 0.717) is 0 Å². The van der Waals surface area contributed by atoms with Crippen molar-refractivity contribution in [1.29, 1.82) is 0 Å². The van der Waals surface area contributed by atoms with Gasteiger partial charge in [0.25, 0.3) is 0 Å². The Balaban J connectivity index is -0.00000000167. The molecule has 0 heterocycles. The van der Waals surface area contributed by atoms with Crippen molar-refractivity contribution in [3.05, 3.63) is 0 Å². The van der Waals surface area contributed by atoms with E-state index in [4.69, 9.17) is 0 Å². The molecule has 0 aromatic heterocycles. The molecule has 0 fully saturated rings. The second-order valence-electron chi connectivity index (χ2n) is 0. The van der Waals surface area contributed by atoms with Crippen LogP contribution in [0, 0.1) is 0 Å². The number of rotatable bonds is 0. The van der Waals surface area contributed by atoms with E-state index in [2.05, 4.69) is 28.4 Å².